The molecule has 2 aromatic carbocycles. The van der Waals surface area contributed by atoms with Gasteiger partial charge in [-0.15, -0.1) is 0 Å². The smallest absolute Gasteiger partial charge is 0.254 e. The summed E-state index contributed by atoms with van der Waals surface area (Å²) < 4.78 is 7.99. The van der Waals surface area contributed by atoms with Crippen molar-refractivity contribution in [1.29, 1.82) is 0 Å². The molecular formula is C28H39ClN4O2. The number of nitrogens with one attached hydrogen (secondary N) is 1. The number of hydrogen-bond donors (Lipinski definition) is 1. The van der Waals surface area contributed by atoms with E-state index in [9.17, 15) is 4.79 Å². The van der Waals surface area contributed by atoms with Crippen molar-refractivity contribution in [3.8, 4) is 5.75 Å². The van der Waals surface area contributed by atoms with Crippen LogP contribution in [0, 0.1) is 5.92 Å². The van der Waals surface area contributed by atoms with Gasteiger partial charge in [-0.1, -0.05) is 46.2 Å². The maximum Gasteiger partial charge on any atom is 0.254 e. The fourth-order valence-corrected chi connectivity index (χ4v) is 4.14. The Labute approximate surface area is 214 Å². The number of rotatable bonds is 13. The maximum absolute atomic E-state index is 13.6. The van der Waals surface area contributed by atoms with Gasteiger partial charge in [-0.3, -0.25) is 4.79 Å². The number of fused-ring (bicyclic) bond motifs is 1. The minimum atomic E-state index is 0.00631. The Morgan fingerprint density at radius 3 is 2.54 bits per heavy atom. The number of amides is 1. The molecule has 35 heavy (non-hydrogen) atoms. The SMILES string of the molecule is CCCn1c(CN(CCC(C)C)C(=O)c2ccc(OCCNC(C)C)cc2)nc2ccc(Cl)cc21. The van der Waals surface area contributed by atoms with Gasteiger partial charge in [0.05, 0.1) is 17.6 Å². The zero-order valence-corrected chi connectivity index (χ0v) is 22.4. The lowest BCUT2D eigenvalue weighted by Crippen LogP contribution is -2.33. The summed E-state index contributed by atoms with van der Waals surface area (Å²) in [5, 5.41) is 4.02. The van der Waals surface area contributed by atoms with Crippen LogP contribution in [-0.4, -0.2) is 46.1 Å². The van der Waals surface area contributed by atoms with Gasteiger partial charge in [-0.2, -0.15) is 0 Å². The van der Waals surface area contributed by atoms with E-state index in [1.54, 1.807) is 0 Å². The van der Waals surface area contributed by atoms with Crippen LogP contribution in [0.25, 0.3) is 11.0 Å². The summed E-state index contributed by atoms with van der Waals surface area (Å²) in [5.41, 5.74) is 2.57. The first-order chi connectivity index (χ1) is 16.8. The Kier molecular flexibility index (Phi) is 9.99. The van der Waals surface area contributed by atoms with Crippen molar-refractivity contribution in [2.75, 3.05) is 19.7 Å². The predicted octanol–water partition coefficient (Wildman–Crippen LogP) is 6.17. The van der Waals surface area contributed by atoms with E-state index in [4.69, 9.17) is 21.3 Å². The van der Waals surface area contributed by atoms with E-state index in [0.717, 1.165) is 48.5 Å². The number of carbonyl (C=O) groups is 1. The molecule has 1 heterocycles. The molecule has 0 radical (unpaired) electrons. The fourth-order valence-electron chi connectivity index (χ4n) is 3.97. The molecule has 0 aliphatic heterocycles. The van der Waals surface area contributed by atoms with Gasteiger partial charge in [0.1, 0.15) is 18.2 Å². The Balaban J connectivity index is 1.79. The first-order valence-electron chi connectivity index (χ1n) is 12.7. The van der Waals surface area contributed by atoms with Crippen LogP contribution in [0.4, 0.5) is 0 Å². The van der Waals surface area contributed by atoms with Crippen molar-refractivity contribution in [2.24, 2.45) is 5.92 Å². The molecule has 0 bridgehead atoms. The van der Waals surface area contributed by atoms with Crippen LogP contribution in [0.2, 0.25) is 5.02 Å². The van der Waals surface area contributed by atoms with Crippen LogP contribution in [0.15, 0.2) is 42.5 Å². The highest BCUT2D eigenvalue weighted by atomic mass is 35.5. The van der Waals surface area contributed by atoms with E-state index < -0.39 is 0 Å². The summed E-state index contributed by atoms with van der Waals surface area (Å²) in [6, 6.07) is 13.6. The van der Waals surface area contributed by atoms with Crippen molar-refractivity contribution in [2.45, 2.75) is 66.6 Å². The van der Waals surface area contributed by atoms with Crippen molar-refractivity contribution in [3.63, 3.8) is 0 Å². The van der Waals surface area contributed by atoms with Gasteiger partial charge < -0.3 is 19.5 Å². The summed E-state index contributed by atoms with van der Waals surface area (Å²) in [6.45, 7) is 14.0. The van der Waals surface area contributed by atoms with Crippen molar-refractivity contribution < 1.29 is 9.53 Å². The lowest BCUT2D eigenvalue weighted by atomic mass is 10.1. The van der Waals surface area contributed by atoms with E-state index in [-0.39, 0.29) is 5.91 Å². The number of aryl methyl sites for hydroxylation is 1. The summed E-state index contributed by atoms with van der Waals surface area (Å²) in [4.78, 5) is 20.3. The van der Waals surface area contributed by atoms with E-state index in [1.807, 2.05) is 47.4 Å². The molecule has 6 nitrogen and oxygen atoms in total. The molecule has 1 N–H and O–H groups in total. The minimum absolute atomic E-state index is 0.00631. The first-order valence-corrected chi connectivity index (χ1v) is 13.1. The summed E-state index contributed by atoms with van der Waals surface area (Å²) in [5.74, 6) is 2.15. The quantitative estimate of drug-likeness (QED) is 0.286. The monoisotopic (exact) mass is 498 g/mol. The molecule has 0 saturated heterocycles. The number of benzene rings is 2. The van der Waals surface area contributed by atoms with Gasteiger partial charge in [0.2, 0.25) is 0 Å². The Bertz CT molecular complexity index is 1090. The second kappa shape index (κ2) is 12.9. The first kappa shape index (κ1) is 27.0. The highest BCUT2D eigenvalue weighted by molar-refractivity contribution is 6.31. The number of ether oxygens (including phenoxy) is 1. The van der Waals surface area contributed by atoms with Crippen molar-refractivity contribution in [1.82, 2.24) is 19.8 Å². The largest absolute Gasteiger partial charge is 0.492 e. The summed E-state index contributed by atoms with van der Waals surface area (Å²) in [6.07, 6.45) is 1.90. The average molecular weight is 499 g/mol. The molecule has 0 fully saturated rings. The molecule has 0 saturated carbocycles. The average Bonchev–Trinajstić information content (AvgIpc) is 3.15. The maximum atomic E-state index is 13.6. The number of hydrogen-bond acceptors (Lipinski definition) is 4. The molecule has 3 aromatic rings. The molecule has 0 aliphatic rings. The Morgan fingerprint density at radius 1 is 1.14 bits per heavy atom. The third-order valence-electron chi connectivity index (χ3n) is 5.86. The van der Waals surface area contributed by atoms with Crippen molar-refractivity contribution in [3.05, 3.63) is 58.9 Å². The molecule has 7 heteroatoms. The second-order valence-electron chi connectivity index (χ2n) is 9.70. The lowest BCUT2D eigenvalue weighted by Gasteiger charge is -2.24. The molecule has 0 aliphatic carbocycles. The highest BCUT2D eigenvalue weighted by Crippen LogP contribution is 2.23. The van der Waals surface area contributed by atoms with Crippen LogP contribution in [0.1, 0.15) is 63.6 Å². The molecule has 0 unspecified atom stereocenters. The van der Waals surface area contributed by atoms with Crippen LogP contribution in [-0.2, 0) is 13.1 Å². The summed E-state index contributed by atoms with van der Waals surface area (Å²) >= 11 is 6.27. The number of nitrogens with zero attached hydrogens (tertiary/aromatic N) is 3. The zero-order valence-electron chi connectivity index (χ0n) is 21.7. The standard InChI is InChI=1S/C28H39ClN4O2/c1-6-15-33-26-18-23(29)9-12-25(26)31-27(33)19-32(16-13-20(2)3)28(34)22-7-10-24(11-8-22)35-17-14-30-21(4)5/h7-12,18,20-21,30H,6,13-17,19H2,1-5H3. The van der Waals surface area contributed by atoms with E-state index in [2.05, 4.69) is 44.5 Å². The zero-order chi connectivity index (χ0) is 25.4. The third kappa shape index (κ3) is 7.71. The van der Waals surface area contributed by atoms with Gasteiger partial charge in [-0.05, 0) is 61.2 Å². The Morgan fingerprint density at radius 2 is 1.89 bits per heavy atom. The molecule has 1 aromatic heterocycles. The van der Waals surface area contributed by atoms with E-state index >= 15 is 0 Å². The third-order valence-corrected chi connectivity index (χ3v) is 6.09. The van der Waals surface area contributed by atoms with Gasteiger partial charge >= 0.3 is 0 Å². The summed E-state index contributed by atoms with van der Waals surface area (Å²) in [7, 11) is 0. The van der Waals surface area contributed by atoms with Crippen LogP contribution >= 0.6 is 11.6 Å². The highest BCUT2D eigenvalue weighted by Gasteiger charge is 2.20. The predicted molar refractivity (Wildman–Crippen MR) is 144 cm³/mol. The topological polar surface area (TPSA) is 59.4 Å². The van der Waals surface area contributed by atoms with Crippen LogP contribution in [0.3, 0.4) is 0 Å². The minimum Gasteiger partial charge on any atom is -0.492 e. The van der Waals surface area contributed by atoms with Gasteiger partial charge in [0.25, 0.3) is 5.91 Å². The molecular weight excluding hydrogens is 460 g/mol. The molecule has 3 rings (SSSR count). The fraction of sp³-hybridized carbons (Fsp3) is 0.500. The molecule has 1 amide bonds. The molecule has 190 valence electrons. The van der Waals surface area contributed by atoms with Gasteiger partial charge in [0, 0.05) is 36.3 Å². The molecule has 0 atom stereocenters. The number of halogens is 1. The number of carbonyl (C=O) groups excluding carboxylic acids is 1. The van der Waals surface area contributed by atoms with Gasteiger partial charge in [0.15, 0.2) is 0 Å². The van der Waals surface area contributed by atoms with E-state index in [1.165, 1.54) is 0 Å². The molecule has 0 spiro atoms. The van der Waals surface area contributed by atoms with E-state index in [0.29, 0.717) is 42.2 Å². The Hall–Kier alpha value is -2.57. The van der Waals surface area contributed by atoms with Gasteiger partial charge in [-0.25, -0.2) is 4.98 Å². The van der Waals surface area contributed by atoms with Crippen LogP contribution < -0.4 is 10.1 Å². The lowest BCUT2D eigenvalue weighted by molar-refractivity contribution is 0.0729. The van der Waals surface area contributed by atoms with Crippen molar-refractivity contribution >= 4 is 28.5 Å². The normalized spacial score (nSPS) is 11.5. The second-order valence-corrected chi connectivity index (χ2v) is 10.1. The van der Waals surface area contributed by atoms with Crippen LogP contribution in [0.5, 0.6) is 5.75 Å². The number of imidazole rings is 1. The number of aromatic nitrogens is 2.